The summed E-state index contributed by atoms with van der Waals surface area (Å²) in [6, 6.07) is 7.75. The number of nitrogens with zero attached hydrogens (tertiary/aromatic N) is 4. The SMILES string of the molecule is CCCCOC(=O)N1CCC(Oc2cnc(-c3c[nH]c4c(C#N)cccc34)cn2)C1. The van der Waals surface area contributed by atoms with Crippen LogP contribution >= 0.6 is 0 Å². The molecule has 1 saturated heterocycles. The first kappa shape index (κ1) is 19.7. The second kappa shape index (κ2) is 8.82. The van der Waals surface area contributed by atoms with Gasteiger partial charge in [-0.15, -0.1) is 0 Å². The maximum atomic E-state index is 12.0. The van der Waals surface area contributed by atoms with Crippen molar-refractivity contribution in [2.24, 2.45) is 0 Å². The van der Waals surface area contributed by atoms with Gasteiger partial charge in [-0.25, -0.2) is 14.8 Å². The predicted molar refractivity (Wildman–Crippen MR) is 111 cm³/mol. The Balaban J connectivity index is 1.39. The molecule has 1 unspecified atom stereocenters. The number of ether oxygens (including phenoxy) is 2. The summed E-state index contributed by atoms with van der Waals surface area (Å²) in [5.41, 5.74) is 2.94. The van der Waals surface area contributed by atoms with Gasteiger partial charge in [0.1, 0.15) is 12.2 Å². The first-order valence-electron chi connectivity index (χ1n) is 10.1. The van der Waals surface area contributed by atoms with Gasteiger partial charge in [-0.1, -0.05) is 25.5 Å². The fourth-order valence-electron chi connectivity index (χ4n) is 3.53. The van der Waals surface area contributed by atoms with Crippen LogP contribution in [0.2, 0.25) is 0 Å². The lowest BCUT2D eigenvalue weighted by molar-refractivity contribution is 0.103. The highest BCUT2D eigenvalue weighted by Crippen LogP contribution is 2.29. The molecule has 0 saturated carbocycles. The highest BCUT2D eigenvalue weighted by atomic mass is 16.6. The topological polar surface area (TPSA) is 104 Å². The third-order valence-electron chi connectivity index (χ3n) is 5.15. The number of fused-ring (bicyclic) bond motifs is 1. The number of para-hydroxylation sites is 1. The van der Waals surface area contributed by atoms with Crippen LogP contribution in [0.25, 0.3) is 22.2 Å². The average molecular weight is 405 g/mol. The molecule has 8 heteroatoms. The van der Waals surface area contributed by atoms with Crippen LogP contribution in [0.15, 0.2) is 36.8 Å². The van der Waals surface area contributed by atoms with Crippen LogP contribution < -0.4 is 4.74 Å². The Bertz CT molecular complexity index is 1070. The van der Waals surface area contributed by atoms with Gasteiger partial charge in [-0.3, -0.25) is 0 Å². The Morgan fingerprint density at radius 1 is 1.37 bits per heavy atom. The molecular weight excluding hydrogens is 382 g/mol. The largest absolute Gasteiger partial charge is 0.471 e. The fraction of sp³-hybridized carbons (Fsp3) is 0.364. The molecule has 3 heterocycles. The first-order chi connectivity index (χ1) is 14.7. The highest BCUT2D eigenvalue weighted by molar-refractivity contribution is 5.97. The van der Waals surface area contributed by atoms with E-state index in [2.05, 4.69) is 27.9 Å². The van der Waals surface area contributed by atoms with E-state index in [4.69, 9.17) is 9.47 Å². The molecular formula is C22H23N5O3. The van der Waals surface area contributed by atoms with Gasteiger partial charge >= 0.3 is 6.09 Å². The van der Waals surface area contributed by atoms with E-state index in [0.29, 0.717) is 36.8 Å². The van der Waals surface area contributed by atoms with Crippen molar-refractivity contribution in [1.82, 2.24) is 19.9 Å². The Morgan fingerprint density at radius 3 is 3.03 bits per heavy atom. The van der Waals surface area contributed by atoms with E-state index in [1.165, 1.54) is 0 Å². The third kappa shape index (κ3) is 4.06. The van der Waals surface area contributed by atoms with Crippen LogP contribution in [0.1, 0.15) is 31.7 Å². The van der Waals surface area contributed by atoms with Gasteiger partial charge in [0.25, 0.3) is 0 Å². The summed E-state index contributed by atoms with van der Waals surface area (Å²) >= 11 is 0. The lowest BCUT2D eigenvalue weighted by Gasteiger charge is -2.16. The number of carbonyl (C=O) groups excluding carboxylic acids is 1. The number of hydrogen-bond donors (Lipinski definition) is 1. The Kier molecular flexibility index (Phi) is 5.80. The summed E-state index contributed by atoms with van der Waals surface area (Å²) in [7, 11) is 0. The molecule has 0 aliphatic carbocycles. The Labute approximate surface area is 174 Å². The van der Waals surface area contributed by atoms with Crippen molar-refractivity contribution in [1.29, 1.82) is 5.26 Å². The van der Waals surface area contributed by atoms with E-state index in [0.717, 1.165) is 35.7 Å². The monoisotopic (exact) mass is 405 g/mol. The van der Waals surface area contributed by atoms with Crippen molar-refractivity contribution in [3.63, 3.8) is 0 Å². The third-order valence-corrected chi connectivity index (χ3v) is 5.15. The number of aromatic amines is 1. The van der Waals surface area contributed by atoms with Crippen LogP contribution in [0.3, 0.4) is 0 Å². The molecule has 8 nitrogen and oxygen atoms in total. The lowest BCUT2D eigenvalue weighted by atomic mass is 10.1. The standard InChI is InChI=1S/C22H23N5O3/c1-2-3-9-29-22(28)27-8-7-16(14-27)30-20-13-24-19(12-25-20)18-11-26-21-15(10-23)5-4-6-17(18)21/h4-6,11-13,16,26H,2-3,7-9,14H2,1H3. The van der Waals surface area contributed by atoms with E-state index in [-0.39, 0.29) is 12.2 Å². The molecule has 0 radical (unpaired) electrons. The van der Waals surface area contributed by atoms with E-state index in [1.807, 2.05) is 18.3 Å². The molecule has 1 aliphatic rings. The highest BCUT2D eigenvalue weighted by Gasteiger charge is 2.29. The number of carbonyl (C=O) groups is 1. The molecule has 1 aromatic carbocycles. The predicted octanol–water partition coefficient (Wildman–Crippen LogP) is 3.89. The van der Waals surface area contributed by atoms with Gasteiger partial charge in [0, 0.05) is 30.1 Å². The number of likely N-dealkylation sites (tertiary alicyclic amines) is 1. The molecule has 4 rings (SSSR count). The normalized spacial score (nSPS) is 15.9. The van der Waals surface area contributed by atoms with Crippen LogP contribution in [0.5, 0.6) is 5.88 Å². The molecule has 2 aromatic heterocycles. The van der Waals surface area contributed by atoms with Crippen molar-refractivity contribution < 1.29 is 14.3 Å². The average Bonchev–Trinajstić information content (AvgIpc) is 3.41. The molecule has 1 amide bonds. The van der Waals surface area contributed by atoms with Crippen molar-refractivity contribution in [3.8, 4) is 23.2 Å². The number of nitrogens with one attached hydrogen (secondary N) is 1. The number of amides is 1. The summed E-state index contributed by atoms with van der Waals surface area (Å²) in [5.74, 6) is 0.419. The van der Waals surface area contributed by atoms with E-state index in [1.54, 1.807) is 23.4 Å². The zero-order valence-electron chi connectivity index (χ0n) is 16.8. The van der Waals surface area contributed by atoms with Crippen molar-refractivity contribution in [2.75, 3.05) is 19.7 Å². The van der Waals surface area contributed by atoms with Crippen molar-refractivity contribution in [3.05, 3.63) is 42.4 Å². The van der Waals surface area contributed by atoms with E-state index in [9.17, 15) is 10.1 Å². The van der Waals surface area contributed by atoms with E-state index < -0.39 is 0 Å². The van der Waals surface area contributed by atoms with Gasteiger partial charge in [0.05, 0.1) is 42.3 Å². The van der Waals surface area contributed by atoms with Crippen LogP contribution in [-0.2, 0) is 4.74 Å². The van der Waals surface area contributed by atoms with Gasteiger partial charge in [-0.2, -0.15) is 5.26 Å². The van der Waals surface area contributed by atoms with Gasteiger partial charge in [0.15, 0.2) is 0 Å². The fourth-order valence-corrected chi connectivity index (χ4v) is 3.53. The summed E-state index contributed by atoms with van der Waals surface area (Å²) in [6.45, 7) is 3.60. The van der Waals surface area contributed by atoms with Crippen LogP contribution in [0, 0.1) is 11.3 Å². The zero-order valence-corrected chi connectivity index (χ0v) is 16.8. The molecule has 3 aromatic rings. The maximum absolute atomic E-state index is 12.0. The number of benzene rings is 1. The Hall–Kier alpha value is -3.60. The minimum atomic E-state index is -0.285. The minimum Gasteiger partial charge on any atom is -0.471 e. The zero-order chi connectivity index (χ0) is 20.9. The number of nitriles is 1. The molecule has 30 heavy (non-hydrogen) atoms. The lowest BCUT2D eigenvalue weighted by Crippen LogP contribution is -2.31. The molecule has 154 valence electrons. The second-order valence-electron chi connectivity index (χ2n) is 7.22. The number of H-pyrrole nitrogens is 1. The smallest absolute Gasteiger partial charge is 0.409 e. The molecule has 1 aliphatic heterocycles. The van der Waals surface area contributed by atoms with Crippen molar-refractivity contribution in [2.45, 2.75) is 32.3 Å². The number of rotatable bonds is 6. The molecule has 0 bridgehead atoms. The molecule has 0 spiro atoms. The molecule has 1 atom stereocenters. The quantitative estimate of drug-likeness (QED) is 0.624. The second-order valence-corrected chi connectivity index (χ2v) is 7.22. The van der Waals surface area contributed by atoms with Gasteiger partial charge in [-0.05, 0) is 12.5 Å². The van der Waals surface area contributed by atoms with Crippen molar-refractivity contribution >= 4 is 17.0 Å². The number of unbranched alkanes of at least 4 members (excludes halogenated alkanes) is 1. The minimum absolute atomic E-state index is 0.129. The maximum Gasteiger partial charge on any atom is 0.409 e. The molecule has 1 N–H and O–H groups in total. The molecule has 1 fully saturated rings. The van der Waals surface area contributed by atoms with Crippen LogP contribution in [-0.4, -0.2) is 51.7 Å². The summed E-state index contributed by atoms with van der Waals surface area (Å²) in [5, 5.41) is 10.2. The summed E-state index contributed by atoms with van der Waals surface area (Å²) < 4.78 is 11.2. The summed E-state index contributed by atoms with van der Waals surface area (Å²) in [6.07, 6.45) is 7.25. The number of aromatic nitrogens is 3. The first-order valence-corrected chi connectivity index (χ1v) is 10.1. The summed E-state index contributed by atoms with van der Waals surface area (Å²) in [4.78, 5) is 25.7. The van der Waals surface area contributed by atoms with Gasteiger partial charge in [0.2, 0.25) is 5.88 Å². The number of hydrogen-bond acceptors (Lipinski definition) is 6. The van der Waals surface area contributed by atoms with Crippen LogP contribution in [0.4, 0.5) is 4.79 Å². The Morgan fingerprint density at radius 2 is 2.27 bits per heavy atom. The van der Waals surface area contributed by atoms with E-state index >= 15 is 0 Å². The van der Waals surface area contributed by atoms with Gasteiger partial charge < -0.3 is 19.4 Å².